The highest BCUT2D eigenvalue weighted by atomic mass is 16.5. The number of ether oxygens (including phenoxy) is 3. The normalized spacial score (nSPS) is 13.3. The number of Topliss-reactive ketones (excluding diaryl/α,β-unsaturated/α-hetero) is 1. The van der Waals surface area contributed by atoms with Crippen LogP contribution < -0.4 is 20.6 Å². The van der Waals surface area contributed by atoms with Crippen LogP contribution in [0.1, 0.15) is 34.3 Å². The van der Waals surface area contributed by atoms with E-state index in [1.54, 1.807) is 26.6 Å². The van der Waals surface area contributed by atoms with Crippen molar-refractivity contribution in [3.63, 3.8) is 0 Å². The lowest BCUT2D eigenvalue weighted by Gasteiger charge is -2.23. The van der Waals surface area contributed by atoms with Crippen molar-refractivity contribution in [2.45, 2.75) is 32.7 Å². The smallest absolute Gasteiger partial charge is 0.200 e. The van der Waals surface area contributed by atoms with Gasteiger partial charge in [0, 0.05) is 67.5 Å². The third-order valence-electron chi connectivity index (χ3n) is 8.78. The molecule has 1 aliphatic rings. The fraction of sp³-hybridized carbons (Fsp3) is 0.256. The van der Waals surface area contributed by atoms with Crippen LogP contribution >= 0.6 is 0 Å². The number of rotatable bonds is 10. The number of nitrogen functional groups attached to an aromatic ring is 1. The van der Waals surface area contributed by atoms with E-state index in [2.05, 4.69) is 4.98 Å². The maximum absolute atomic E-state index is 13.7. The van der Waals surface area contributed by atoms with Crippen LogP contribution in [0.2, 0.25) is 0 Å². The summed E-state index contributed by atoms with van der Waals surface area (Å²) in [6, 6.07) is 23.1. The fourth-order valence-electron chi connectivity index (χ4n) is 6.02. The average Bonchev–Trinajstić information content (AvgIpc) is 3.10. The van der Waals surface area contributed by atoms with Crippen molar-refractivity contribution in [2.24, 2.45) is 5.92 Å². The standard InChI is InChI=1S/C39H39N3O5/c1-25-4-8-29(9-5-25)35-23-42(22-27-12-14-47-15-13-27)24-36(38(35)44)37(43)16-26-6-10-28(11-7-26)34-19-31(21-41-39(34)40)30-17-32(45-2)20-33(18-30)46-3/h4-11,17-21,23-24,27H,12-16,22H2,1-3H3,(H2,40,41). The number of carbonyl (C=O) groups excluding carboxylic acids is 1. The fourth-order valence-corrected chi connectivity index (χ4v) is 6.02. The Hall–Kier alpha value is -5.21. The van der Waals surface area contributed by atoms with E-state index in [9.17, 15) is 9.59 Å². The second-order valence-electron chi connectivity index (χ2n) is 12.1. The van der Waals surface area contributed by atoms with Gasteiger partial charge in [-0.3, -0.25) is 9.59 Å². The molecule has 3 aromatic carbocycles. The summed E-state index contributed by atoms with van der Waals surface area (Å²) >= 11 is 0. The largest absolute Gasteiger partial charge is 0.497 e. The molecule has 3 heterocycles. The summed E-state index contributed by atoms with van der Waals surface area (Å²) in [4.78, 5) is 31.9. The number of aromatic nitrogens is 2. The van der Waals surface area contributed by atoms with Gasteiger partial charge in [-0.2, -0.15) is 0 Å². The van der Waals surface area contributed by atoms with Crippen molar-refractivity contribution in [1.29, 1.82) is 0 Å². The Morgan fingerprint density at radius 2 is 1.49 bits per heavy atom. The molecule has 5 aromatic rings. The molecule has 6 rings (SSSR count). The summed E-state index contributed by atoms with van der Waals surface area (Å²) in [5, 5.41) is 0. The summed E-state index contributed by atoms with van der Waals surface area (Å²) in [6.07, 6.45) is 7.36. The van der Waals surface area contributed by atoms with E-state index >= 15 is 0 Å². The maximum Gasteiger partial charge on any atom is 0.200 e. The van der Waals surface area contributed by atoms with E-state index in [0.29, 0.717) is 28.8 Å². The Balaban J connectivity index is 1.27. The van der Waals surface area contributed by atoms with Gasteiger partial charge < -0.3 is 24.5 Å². The lowest BCUT2D eigenvalue weighted by atomic mass is 9.96. The molecule has 0 unspecified atom stereocenters. The molecule has 0 bridgehead atoms. The third kappa shape index (κ3) is 7.28. The number of benzene rings is 3. The number of aryl methyl sites for hydroxylation is 1. The number of anilines is 1. The Morgan fingerprint density at radius 3 is 2.15 bits per heavy atom. The van der Waals surface area contributed by atoms with Crippen LogP contribution in [0, 0.1) is 12.8 Å². The molecule has 8 heteroatoms. The lowest BCUT2D eigenvalue weighted by molar-refractivity contribution is 0.0612. The van der Waals surface area contributed by atoms with Crippen LogP contribution in [-0.4, -0.2) is 42.8 Å². The van der Waals surface area contributed by atoms with Crippen molar-refractivity contribution in [3.8, 4) is 44.9 Å². The molecule has 1 aliphatic heterocycles. The summed E-state index contributed by atoms with van der Waals surface area (Å²) in [7, 11) is 3.22. The second kappa shape index (κ2) is 14.1. The molecule has 1 saturated heterocycles. The molecule has 0 atom stereocenters. The maximum atomic E-state index is 13.7. The predicted octanol–water partition coefficient (Wildman–Crippen LogP) is 7.00. The molecule has 0 aliphatic carbocycles. The van der Waals surface area contributed by atoms with E-state index in [1.165, 1.54) is 0 Å². The molecule has 0 amide bonds. The van der Waals surface area contributed by atoms with Gasteiger partial charge in [0.05, 0.1) is 19.8 Å². The van der Waals surface area contributed by atoms with Crippen LogP contribution in [-0.2, 0) is 17.7 Å². The first-order valence-electron chi connectivity index (χ1n) is 15.8. The quantitative estimate of drug-likeness (QED) is 0.166. The van der Waals surface area contributed by atoms with E-state index in [4.69, 9.17) is 19.9 Å². The van der Waals surface area contributed by atoms with Crippen LogP contribution in [0.3, 0.4) is 0 Å². The Kier molecular flexibility index (Phi) is 9.50. The first kappa shape index (κ1) is 31.8. The van der Waals surface area contributed by atoms with E-state index in [0.717, 1.165) is 71.5 Å². The van der Waals surface area contributed by atoms with E-state index < -0.39 is 0 Å². The van der Waals surface area contributed by atoms with Crippen molar-refractivity contribution in [1.82, 2.24) is 9.55 Å². The van der Waals surface area contributed by atoms with Crippen molar-refractivity contribution in [3.05, 3.63) is 118 Å². The highest BCUT2D eigenvalue weighted by Gasteiger charge is 2.20. The van der Waals surface area contributed by atoms with Gasteiger partial charge >= 0.3 is 0 Å². The Morgan fingerprint density at radius 1 is 0.851 bits per heavy atom. The Labute approximate surface area is 274 Å². The number of ketones is 1. The third-order valence-corrected chi connectivity index (χ3v) is 8.78. The van der Waals surface area contributed by atoms with Crippen LogP contribution in [0.25, 0.3) is 33.4 Å². The number of methoxy groups -OCH3 is 2. The predicted molar refractivity (Wildman–Crippen MR) is 185 cm³/mol. The van der Waals surface area contributed by atoms with Gasteiger partial charge in [-0.25, -0.2) is 4.98 Å². The van der Waals surface area contributed by atoms with Gasteiger partial charge in [-0.1, -0.05) is 54.1 Å². The number of hydrogen-bond acceptors (Lipinski definition) is 7. The van der Waals surface area contributed by atoms with Gasteiger partial charge in [0.1, 0.15) is 17.3 Å². The summed E-state index contributed by atoms with van der Waals surface area (Å²) in [6.45, 7) is 4.21. The highest BCUT2D eigenvalue weighted by molar-refractivity contribution is 5.98. The summed E-state index contributed by atoms with van der Waals surface area (Å²) in [5.74, 6) is 1.95. The van der Waals surface area contributed by atoms with Gasteiger partial charge in [0.2, 0.25) is 0 Å². The van der Waals surface area contributed by atoms with Gasteiger partial charge in [0.25, 0.3) is 0 Å². The van der Waals surface area contributed by atoms with Crippen molar-refractivity contribution < 1.29 is 19.0 Å². The molecule has 0 radical (unpaired) electrons. The van der Waals surface area contributed by atoms with Crippen LogP contribution in [0.5, 0.6) is 11.5 Å². The molecular formula is C39H39N3O5. The molecule has 2 N–H and O–H groups in total. The van der Waals surface area contributed by atoms with Crippen LogP contribution in [0.4, 0.5) is 5.82 Å². The molecule has 0 spiro atoms. The molecule has 1 fully saturated rings. The number of pyridine rings is 2. The summed E-state index contributed by atoms with van der Waals surface area (Å²) in [5.41, 5.74) is 12.9. The molecule has 8 nitrogen and oxygen atoms in total. The van der Waals surface area contributed by atoms with E-state index in [1.807, 2.05) is 90.5 Å². The second-order valence-corrected chi connectivity index (χ2v) is 12.1. The molecular weight excluding hydrogens is 590 g/mol. The average molecular weight is 630 g/mol. The minimum absolute atomic E-state index is 0.0987. The zero-order valence-corrected chi connectivity index (χ0v) is 27.0. The molecule has 2 aromatic heterocycles. The molecule has 240 valence electrons. The molecule has 0 saturated carbocycles. The van der Waals surface area contributed by atoms with Crippen LogP contribution in [0.15, 0.2) is 96.2 Å². The highest BCUT2D eigenvalue weighted by Crippen LogP contribution is 2.34. The van der Waals surface area contributed by atoms with E-state index in [-0.39, 0.29) is 23.2 Å². The Bertz CT molecular complexity index is 1920. The number of hydrogen-bond donors (Lipinski definition) is 1. The lowest BCUT2D eigenvalue weighted by Crippen LogP contribution is -2.25. The number of nitrogens with zero attached hydrogens (tertiary/aromatic N) is 2. The first-order valence-corrected chi connectivity index (χ1v) is 15.8. The van der Waals surface area contributed by atoms with Gasteiger partial charge in [-0.15, -0.1) is 0 Å². The number of carbonyl (C=O) groups is 1. The number of nitrogens with two attached hydrogens (primary N) is 1. The minimum Gasteiger partial charge on any atom is -0.497 e. The SMILES string of the molecule is COc1cc(OC)cc(-c2cnc(N)c(-c3ccc(CC(=O)c4cn(CC5CCOCC5)cc(-c5ccc(C)cc5)c4=O)cc3)c2)c1. The monoisotopic (exact) mass is 629 g/mol. The van der Waals surface area contributed by atoms with Crippen molar-refractivity contribution in [2.75, 3.05) is 33.2 Å². The topological polar surface area (TPSA) is 106 Å². The molecule has 47 heavy (non-hydrogen) atoms. The zero-order valence-electron chi connectivity index (χ0n) is 27.0. The van der Waals surface area contributed by atoms with Gasteiger partial charge in [0.15, 0.2) is 11.2 Å². The first-order chi connectivity index (χ1) is 22.8. The summed E-state index contributed by atoms with van der Waals surface area (Å²) < 4.78 is 18.4. The minimum atomic E-state index is -0.247. The van der Waals surface area contributed by atoms with Crippen molar-refractivity contribution >= 4 is 11.6 Å². The zero-order chi connectivity index (χ0) is 32.9. The van der Waals surface area contributed by atoms with Gasteiger partial charge in [-0.05, 0) is 66.1 Å².